The Bertz CT molecular complexity index is 504. The molecule has 0 saturated heterocycles. The number of carbonyl (C=O) groups is 2. The van der Waals surface area contributed by atoms with Crippen LogP contribution in [0, 0.1) is 0 Å². The van der Waals surface area contributed by atoms with Gasteiger partial charge in [-0.15, -0.1) is 0 Å². The van der Waals surface area contributed by atoms with E-state index in [-0.39, 0.29) is 18.6 Å². The summed E-state index contributed by atoms with van der Waals surface area (Å²) >= 11 is 0. The fraction of sp³-hybridized carbons (Fsp3) is 0.556. The summed E-state index contributed by atoms with van der Waals surface area (Å²) in [6.45, 7) is 0.272. The monoisotopic (exact) mass is 319 g/mol. The first-order valence-electron chi connectivity index (χ1n) is 8.23. The summed E-state index contributed by atoms with van der Waals surface area (Å²) in [7, 11) is 1.62. The molecule has 0 heterocycles. The molecule has 0 spiro atoms. The number of amides is 1. The average molecular weight is 319 g/mol. The smallest absolute Gasteiger partial charge is 0.338 e. The summed E-state index contributed by atoms with van der Waals surface area (Å²) in [4.78, 5) is 23.8. The van der Waals surface area contributed by atoms with E-state index < -0.39 is 5.97 Å². The van der Waals surface area contributed by atoms with Crippen LogP contribution in [0.3, 0.4) is 0 Å². The Labute approximate surface area is 137 Å². The number of nitrogens with one attached hydrogen (secondary N) is 1. The van der Waals surface area contributed by atoms with Crippen molar-refractivity contribution in [1.29, 1.82) is 0 Å². The summed E-state index contributed by atoms with van der Waals surface area (Å²) in [5, 5.41) is 2.96. The standard InChI is InChI=1S/C18H25NO4/c1-22-12-14-8-10-15(11-9-14)18(21)23-13-17(20)19-16-6-4-2-3-5-7-16/h8-11,16H,2-7,12-13H2,1H3,(H,19,20). The molecule has 5 heteroatoms. The van der Waals surface area contributed by atoms with Crippen LogP contribution in [0.1, 0.15) is 54.4 Å². The van der Waals surface area contributed by atoms with Gasteiger partial charge in [-0.25, -0.2) is 4.79 Å². The molecule has 0 atom stereocenters. The van der Waals surface area contributed by atoms with Gasteiger partial charge in [0.15, 0.2) is 6.61 Å². The lowest BCUT2D eigenvalue weighted by Gasteiger charge is -2.16. The largest absolute Gasteiger partial charge is 0.452 e. The third-order valence-electron chi connectivity index (χ3n) is 4.06. The fourth-order valence-corrected chi connectivity index (χ4v) is 2.81. The minimum absolute atomic E-state index is 0.219. The summed E-state index contributed by atoms with van der Waals surface area (Å²) in [6.07, 6.45) is 6.80. The number of benzene rings is 1. The Morgan fingerprint density at radius 2 is 1.74 bits per heavy atom. The minimum atomic E-state index is -0.481. The third-order valence-corrected chi connectivity index (χ3v) is 4.06. The lowest BCUT2D eigenvalue weighted by molar-refractivity contribution is -0.125. The van der Waals surface area contributed by atoms with Crippen molar-refractivity contribution in [1.82, 2.24) is 5.32 Å². The van der Waals surface area contributed by atoms with Crippen molar-refractivity contribution in [2.24, 2.45) is 0 Å². The van der Waals surface area contributed by atoms with Gasteiger partial charge in [0.1, 0.15) is 0 Å². The zero-order chi connectivity index (χ0) is 16.5. The Kier molecular flexibility index (Phi) is 7.07. The Hall–Kier alpha value is -1.88. The van der Waals surface area contributed by atoms with Gasteiger partial charge in [0.2, 0.25) is 0 Å². The maximum absolute atomic E-state index is 11.9. The third kappa shape index (κ3) is 6.02. The summed E-state index contributed by atoms with van der Waals surface area (Å²) in [6, 6.07) is 7.20. The number of carbonyl (C=O) groups excluding carboxylic acids is 2. The molecule has 5 nitrogen and oxygen atoms in total. The maximum Gasteiger partial charge on any atom is 0.338 e. The molecule has 1 aromatic rings. The highest BCUT2D eigenvalue weighted by Crippen LogP contribution is 2.17. The van der Waals surface area contributed by atoms with Crippen molar-refractivity contribution in [3.05, 3.63) is 35.4 Å². The molecule has 0 radical (unpaired) electrons. The number of methoxy groups -OCH3 is 1. The van der Waals surface area contributed by atoms with Gasteiger partial charge >= 0.3 is 5.97 Å². The molecule has 1 saturated carbocycles. The van der Waals surface area contributed by atoms with Crippen molar-refractivity contribution < 1.29 is 19.1 Å². The van der Waals surface area contributed by atoms with E-state index in [1.807, 2.05) is 12.1 Å². The van der Waals surface area contributed by atoms with Gasteiger partial charge in [-0.05, 0) is 30.5 Å². The van der Waals surface area contributed by atoms with Crippen LogP contribution in [0.5, 0.6) is 0 Å². The number of rotatable bonds is 6. The van der Waals surface area contributed by atoms with Gasteiger partial charge < -0.3 is 14.8 Å². The Morgan fingerprint density at radius 3 is 2.35 bits per heavy atom. The van der Waals surface area contributed by atoms with Crippen LogP contribution in [-0.4, -0.2) is 31.6 Å². The fourth-order valence-electron chi connectivity index (χ4n) is 2.81. The van der Waals surface area contributed by atoms with Gasteiger partial charge in [-0.2, -0.15) is 0 Å². The van der Waals surface area contributed by atoms with Crippen LogP contribution in [0.25, 0.3) is 0 Å². The molecule has 1 aliphatic rings. The normalized spacial score (nSPS) is 15.7. The second kappa shape index (κ2) is 9.30. The lowest BCUT2D eigenvalue weighted by Crippen LogP contribution is -2.37. The zero-order valence-corrected chi connectivity index (χ0v) is 13.7. The highest BCUT2D eigenvalue weighted by Gasteiger charge is 2.16. The predicted molar refractivity (Wildman–Crippen MR) is 87.1 cm³/mol. The molecule has 1 fully saturated rings. The van der Waals surface area contributed by atoms with Gasteiger partial charge in [0.05, 0.1) is 12.2 Å². The van der Waals surface area contributed by atoms with Gasteiger partial charge in [0.25, 0.3) is 5.91 Å². The molecule has 1 N–H and O–H groups in total. The van der Waals surface area contributed by atoms with Gasteiger partial charge in [0, 0.05) is 13.2 Å². The van der Waals surface area contributed by atoms with Crippen molar-refractivity contribution in [2.45, 2.75) is 51.2 Å². The highest BCUT2D eigenvalue weighted by atomic mass is 16.5. The first kappa shape index (κ1) is 17.5. The van der Waals surface area contributed by atoms with Crippen LogP contribution in [-0.2, 0) is 20.9 Å². The van der Waals surface area contributed by atoms with Crippen LogP contribution >= 0.6 is 0 Å². The predicted octanol–water partition coefficient (Wildman–Crippen LogP) is 2.83. The topological polar surface area (TPSA) is 64.6 Å². The summed E-state index contributed by atoms with van der Waals surface area (Å²) in [5.41, 5.74) is 1.42. The van der Waals surface area contributed by atoms with E-state index in [0.717, 1.165) is 31.2 Å². The second-order valence-corrected chi connectivity index (χ2v) is 5.96. The summed E-state index contributed by atoms with van der Waals surface area (Å²) < 4.78 is 10.1. The number of hydrogen-bond acceptors (Lipinski definition) is 4. The number of esters is 1. The van der Waals surface area contributed by atoms with E-state index >= 15 is 0 Å². The van der Waals surface area contributed by atoms with Crippen LogP contribution in [0.4, 0.5) is 0 Å². The molecular weight excluding hydrogens is 294 g/mol. The van der Waals surface area contributed by atoms with E-state index in [1.165, 1.54) is 12.8 Å². The zero-order valence-electron chi connectivity index (χ0n) is 13.7. The van der Waals surface area contributed by atoms with Crippen LogP contribution in [0.15, 0.2) is 24.3 Å². The maximum atomic E-state index is 11.9. The first-order chi connectivity index (χ1) is 11.2. The van der Waals surface area contributed by atoms with Crippen molar-refractivity contribution in [3.8, 4) is 0 Å². The first-order valence-corrected chi connectivity index (χ1v) is 8.23. The molecule has 0 unspecified atom stereocenters. The molecule has 126 valence electrons. The minimum Gasteiger partial charge on any atom is -0.452 e. The summed E-state index contributed by atoms with van der Waals surface area (Å²) in [5.74, 6) is -0.703. The van der Waals surface area contributed by atoms with E-state index in [4.69, 9.17) is 9.47 Å². The second-order valence-electron chi connectivity index (χ2n) is 5.96. The molecule has 2 rings (SSSR count). The molecule has 0 bridgehead atoms. The van der Waals surface area contributed by atoms with E-state index in [2.05, 4.69) is 5.32 Å². The van der Waals surface area contributed by atoms with Crippen molar-refractivity contribution in [2.75, 3.05) is 13.7 Å². The highest BCUT2D eigenvalue weighted by molar-refractivity contribution is 5.91. The van der Waals surface area contributed by atoms with E-state index in [1.54, 1.807) is 19.2 Å². The molecule has 0 aromatic heterocycles. The van der Waals surface area contributed by atoms with E-state index in [0.29, 0.717) is 12.2 Å². The van der Waals surface area contributed by atoms with Gasteiger partial charge in [-0.3, -0.25) is 4.79 Å². The van der Waals surface area contributed by atoms with Crippen LogP contribution < -0.4 is 5.32 Å². The number of ether oxygens (including phenoxy) is 2. The number of hydrogen-bond donors (Lipinski definition) is 1. The van der Waals surface area contributed by atoms with Crippen LogP contribution in [0.2, 0.25) is 0 Å². The molecule has 1 aromatic carbocycles. The SMILES string of the molecule is COCc1ccc(C(=O)OCC(=O)NC2CCCCCC2)cc1. The van der Waals surface area contributed by atoms with Crippen molar-refractivity contribution >= 4 is 11.9 Å². The quantitative estimate of drug-likeness (QED) is 0.647. The van der Waals surface area contributed by atoms with Crippen molar-refractivity contribution in [3.63, 3.8) is 0 Å². The van der Waals surface area contributed by atoms with Gasteiger partial charge in [-0.1, -0.05) is 37.8 Å². The lowest BCUT2D eigenvalue weighted by atomic mass is 10.1. The molecule has 0 aliphatic heterocycles. The molecule has 23 heavy (non-hydrogen) atoms. The Balaban J connectivity index is 1.75. The average Bonchev–Trinajstić information content (AvgIpc) is 2.82. The molecule has 1 amide bonds. The Morgan fingerprint density at radius 1 is 1.09 bits per heavy atom. The molecular formula is C18H25NO4. The molecule has 1 aliphatic carbocycles. The van der Waals surface area contributed by atoms with E-state index in [9.17, 15) is 9.59 Å².